The third-order valence-corrected chi connectivity index (χ3v) is 13.4. The first-order valence-electron chi connectivity index (χ1n) is 21.7. The van der Waals surface area contributed by atoms with Gasteiger partial charge in [0, 0.05) is 43.1 Å². The molecule has 0 spiro atoms. The van der Waals surface area contributed by atoms with Crippen molar-refractivity contribution in [2.45, 2.75) is 86.4 Å². The van der Waals surface area contributed by atoms with Gasteiger partial charge >= 0.3 is 0 Å². The Kier molecular flexibility index (Phi) is 13.3. The number of nitrogens with zero attached hydrogens (tertiary/aromatic N) is 4. The molecule has 0 aliphatic heterocycles. The van der Waals surface area contributed by atoms with Crippen LogP contribution in [0.25, 0.3) is 72.6 Å². The summed E-state index contributed by atoms with van der Waals surface area (Å²) in [6, 6.07) is 49.1. The van der Waals surface area contributed by atoms with Crippen molar-refractivity contribution < 1.29 is 24.5 Å². The molecule has 0 aliphatic carbocycles. The molecule has 0 N–H and O–H groups in total. The zero-order valence-electron chi connectivity index (χ0n) is 37.6. The number of imidazole rings is 1. The minimum Gasteiger partial charge on any atom is -0.458 e. The first-order chi connectivity index (χ1) is 29.3. The predicted molar refractivity (Wildman–Crippen MR) is 259 cm³/mol. The van der Waals surface area contributed by atoms with E-state index in [1.54, 1.807) is 0 Å². The maximum atomic E-state index is 6.24. The zero-order chi connectivity index (χ0) is 43.0. The van der Waals surface area contributed by atoms with Crippen molar-refractivity contribution >= 4 is 46.4 Å². The van der Waals surface area contributed by atoms with Crippen LogP contribution in [-0.4, -0.2) is 27.6 Å². The summed E-state index contributed by atoms with van der Waals surface area (Å²) in [6.45, 7) is 22.8. The number of hydrogen-bond donors (Lipinski definition) is 0. The molecule has 0 bridgehead atoms. The van der Waals surface area contributed by atoms with Gasteiger partial charge in [-0.3, -0.25) is 4.98 Å². The van der Waals surface area contributed by atoms with Crippen molar-refractivity contribution in [2.24, 2.45) is 5.92 Å². The number of para-hydroxylation sites is 2. The number of fused-ring (bicyclic) bond motifs is 4. The van der Waals surface area contributed by atoms with E-state index in [2.05, 4.69) is 185 Å². The van der Waals surface area contributed by atoms with Crippen molar-refractivity contribution in [3.63, 3.8) is 0 Å². The second-order valence-corrected chi connectivity index (χ2v) is 23.4. The quantitative estimate of drug-likeness (QED) is 0.107. The maximum Gasteiger partial charge on any atom is 0.215 e. The summed E-state index contributed by atoms with van der Waals surface area (Å²) in [5, 5.41) is 3.50. The van der Waals surface area contributed by atoms with Crippen molar-refractivity contribution in [1.82, 2.24) is 19.5 Å². The van der Waals surface area contributed by atoms with Crippen LogP contribution in [0.4, 0.5) is 0 Å². The van der Waals surface area contributed by atoms with Gasteiger partial charge in [0.15, 0.2) is 0 Å². The third kappa shape index (κ3) is 9.17. The Balaban J connectivity index is 0.000000233. The molecule has 7 heteroatoms. The fourth-order valence-electron chi connectivity index (χ4n) is 8.35. The van der Waals surface area contributed by atoms with Crippen molar-refractivity contribution in [3.8, 4) is 39.5 Å². The first kappa shape index (κ1) is 44.6. The van der Waals surface area contributed by atoms with E-state index < -0.39 is 8.07 Å². The van der Waals surface area contributed by atoms with Crippen LogP contribution in [0.3, 0.4) is 0 Å². The van der Waals surface area contributed by atoms with Crippen LogP contribution in [0.1, 0.15) is 75.8 Å². The van der Waals surface area contributed by atoms with E-state index in [0.717, 1.165) is 62.1 Å². The maximum absolute atomic E-state index is 6.24. The van der Waals surface area contributed by atoms with E-state index in [-0.39, 0.29) is 20.1 Å². The standard InChI is InChI=1S/C37H32N3O.C18H24NSi.Ir/c1-22(2)30-19-27(25-11-7-6-8-12-25)20-31(23(3)4)35(30)40-33-14-10-9-13-32(33)39-36(40)26-16-18-28-29-17-15-24(5)38-37(29)41-34(28)21-26;1-14(2)11-16-12-17(15-9-7-6-8-10-15)19-13-18(16)20(3,4)5;/h6-15,17-23H,1-5H3;6-9,12-14H,11H2,1-5H3;/q2*-1;. The van der Waals surface area contributed by atoms with Gasteiger partial charge in [0.05, 0.1) is 30.5 Å². The van der Waals surface area contributed by atoms with Crippen molar-refractivity contribution in [2.75, 3.05) is 0 Å². The van der Waals surface area contributed by atoms with E-state index in [0.29, 0.717) is 23.5 Å². The average Bonchev–Trinajstić information content (AvgIpc) is 3.81. The minimum absolute atomic E-state index is 0. The van der Waals surface area contributed by atoms with E-state index >= 15 is 0 Å². The molecule has 62 heavy (non-hydrogen) atoms. The van der Waals surface area contributed by atoms with E-state index in [1.165, 1.54) is 38.7 Å². The van der Waals surface area contributed by atoms with Crippen LogP contribution in [0, 0.1) is 25.0 Å². The van der Waals surface area contributed by atoms with Crippen LogP contribution in [-0.2, 0) is 26.5 Å². The topological polar surface area (TPSA) is 56.7 Å². The molecule has 0 atom stereocenters. The molecule has 0 unspecified atom stereocenters. The van der Waals surface area contributed by atoms with Crippen LogP contribution in [0.2, 0.25) is 19.6 Å². The molecule has 1 radical (unpaired) electrons. The summed E-state index contributed by atoms with van der Waals surface area (Å²) < 4.78 is 8.58. The predicted octanol–water partition coefficient (Wildman–Crippen LogP) is 14.3. The second kappa shape index (κ2) is 18.5. The van der Waals surface area contributed by atoms with Gasteiger partial charge in [-0.2, -0.15) is 0 Å². The van der Waals surface area contributed by atoms with Gasteiger partial charge in [0.1, 0.15) is 0 Å². The van der Waals surface area contributed by atoms with Gasteiger partial charge in [-0.05, 0) is 94.6 Å². The summed E-state index contributed by atoms with van der Waals surface area (Å²) in [5.74, 6) is 2.13. The monoisotopic (exact) mass is 1010 g/mol. The van der Waals surface area contributed by atoms with E-state index in [9.17, 15) is 0 Å². The molecule has 9 aromatic rings. The van der Waals surface area contributed by atoms with Gasteiger partial charge < -0.3 is 14.0 Å². The van der Waals surface area contributed by atoms with Crippen molar-refractivity contribution in [3.05, 3.63) is 162 Å². The smallest absolute Gasteiger partial charge is 0.215 e. The second-order valence-electron chi connectivity index (χ2n) is 18.3. The summed E-state index contributed by atoms with van der Waals surface area (Å²) in [6.07, 6.45) is 3.24. The van der Waals surface area contributed by atoms with Gasteiger partial charge in [-0.25, -0.2) is 4.98 Å². The summed E-state index contributed by atoms with van der Waals surface area (Å²) >= 11 is 0. The average molecular weight is 1010 g/mol. The number of furan rings is 1. The molecule has 0 amide bonds. The van der Waals surface area contributed by atoms with Gasteiger partial charge in [0.2, 0.25) is 5.71 Å². The molecule has 0 aliphatic rings. The van der Waals surface area contributed by atoms with Gasteiger partial charge in [-0.1, -0.05) is 133 Å². The van der Waals surface area contributed by atoms with Gasteiger partial charge in [-0.15, -0.1) is 53.6 Å². The number of hydrogen-bond acceptors (Lipinski definition) is 4. The Bertz CT molecular complexity index is 2950. The molecule has 0 fully saturated rings. The fraction of sp³-hybridized carbons (Fsp3) is 0.255. The number of pyridine rings is 2. The molecule has 9 rings (SSSR count). The molecule has 5 nitrogen and oxygen atoms in total. The molecular formula is C55H56IrN4OSi-2. The molecular weight excluding hydrogens is 953 g/mol. The summed E-state index contributed by atoms with van der Waals surface area (Å²) in [5.41, 5.74) is 15.2. The Morgan fingerprint density at radius 3 is 2.05 bits per heavy atom. The summed E-state index contributed by atoms with van der Waals surface area (Å²) in [4.78, 5) is 14.5. The Morgan fingerprint density at radius 1 is 0.694 bits per heavy atom. The Morgan fingerprint density at radius 2 is 1.39 bits per heavy atom. The minimum atomic E-state index is -1.34. The van der Waals surface area contributed by atoms with E-state index in [1.807, 2.05) is 37.3 Å². The number of rotatable bonds is 9. The fourth-order valence-corrected chi connectivity index (χ4v) is 9.93. The van der Waals surface area contributed by atoms with Gasteiger partial charge in [0.25, 0.3) is 0 Å². The number of aromatic nitrogens is 4. The van der Waals surface area contributed by atoms with Crippen molar-refractivity contribution in [1.29, 1.82) is 0 Å². The zero-order valence-corrected chi connectivity index (χ0v) is 41.0. The molecule has 4 aromatic heterocycles. The third-order valence-electron chi connectivity index (χ3n) is 11.4. The molecule has 0 saturated heterocycles. The molecule has 317 valence electrons. The summed E-state index contributed by atoms with van der Waals surface area (Å²) in [7, 11) is -1.34. The largest absolute Gasteiger partial charge is 0.458 e. The van der Waals surface area contributed by atoms with Crippen LogP contribution in [0.5, 0.6) is 0 Å². The van der Waals surface area contributed by atoms with Crippen LogP contribution >= 0.6 is 0 Å². The first-order valence-corrected chi connectivity index (χ1v) is 25.2. The molecule has 0 saturated carbocycles. The Labute approximate surface area is 382 Å². The van der Waals surface area contributed by atoms with Crippen LogP contribution in [0.15, 0.2) is 132 Å². The van der Waals surface area contributed by atoms with E-state index in [4.69, 9.17) is 9.40 Å². The molecule has 5 aromatic carbocycles. The Hall–Kier alpha value is -5.46. The number of aryl methyl sites for hydroxylation is 1. The molecule has 4 heterocycles. The number of benzene rings is 5. The normalized spacial score (nSPS) is 11.8. The van der Waals surface area contributed by atoms with Crippen LogP contribution < -0.4 is 5.19 Å². The SMILES string of the molecule is CC(C)Cc1cc(-c2[c-]cccc2)ncc1[Si](C)(C)C.Cc1ccc2c(n1)oc1cc(-c3nc4ccccc4n3-c3c(C(C)C)cc(-c4ccccc4)cc3C(C)C)[c-]cc12.[Ir].